The van der Waals surface area contributed by atoms with Gasteiger partial charge in [-0.1, -0.05) is 64.0 Å². The second-order valence-electron chi connectivity index (χ2n) is 6.45. The van der Waals surface area contributed by atoms with E-state index >= 15 is 0 Å². The van der Waals surface area contributed by atoms with Crippen molar-refractivity contribution in [3.63, 3.8) is 0 Å². The summed E-state index contributed by atoms with van der Waals surface area (Å²) >= 11 is 0. The molecule has 0 bridgehead atoms. The van der Waals surface area contributed by atoms with E-state index in [1.165, 1.54) is 51.4 Å². The zero-order valence-corrected chi connectivity index (χ0v) is 16.4. The van der Waals surface area contributed by atoms with Crippen molar-refractivity contribution in [3.8, 4) is 0 Å². The predicted molar refractivity (Wildman–Crippen MR) is 101 cm³/mol. The quantitative estimate of drug-likeness (QED) is 0.215. The van der Waals surface area contributed by atoms with Gasteiger partial charge in [0.1, 0.15) is 0 Å². The number of likely N-dealkylation sites (N-methyl/N-ethyl adjacent to an activating group) is 1. The fourth-order valence-electron chi connectivity index (χ4n) is 2.74. The summed E-state index contributed by atoms with van der Waals surface area (Å²) in [5.41, 5.74) is 0. The molecule has 0 aromatic rings. The molecular weight excluding hydrogens is 286 g/mol. The molecule has 1 unspecified atom stereocenters. The molecule has 3 nitrogen and oxygen atoms in total. The first kappa shape index (κ1) is 22.6. The van der Waals surface area contributed by atoms with Gasteiger partial charge in [-0.3, -0.25) is 0 Å². The second kappa shape index (κ2) is 16.5. The van der Waals surface area contributed by atoms with E-state index in [4.69, 9.17) is 9.47 Å². The summed E-state index contributed by atoms with van der Waals surface area (Å²) < 4.78 is 11.2. The largest absolute Gasteiger partial charge is 0.353 e. The first-order chi connectivity index (χ1) is 11.2. The van der Waals surface area contributed by atoms with Gasteiger partial charge in [0.15, 0.2) is 6.29 Å². The summed E-state index contributed by atoms with van der Waals surface area (Å²) in [5, 5.41) is 0. The molecule has 0 N–H and O–H groups in total. The number of rotatable bonds is 16. The lowest BCUT2D eigenvalue weighted by Gasteiger charge is -2.21. The molecule has 0 aliphatic rings. The van der Waals surface area contributed by atoms with Crippen LogP contribution in [0, 0.1) is 0 Å². The molecule has 0 fully saturated rings. The van der Waals surface area contributed by atoms with E-state index in [2.05, 4.69) is 38.1 Å². The van der Waals surface area contributed by atoms with Gasteiger partial charge in [-0.15, -0.1) is 0 Å². The van der Waals surface area contributed by atoms with Crippen molar-refractivity contribution in [3.05, 3.63) is 12.2 Å². The number of nitrogens with zero attached hydrogens (tertiary/aromatic N) is 1. The van der Waals surface area contributed by atoms with Crippen LogP contribution in [0.4, 0.5) is 0 Å². The minimum Gasteiger partial charge on any atom is -0.353 e. The molecule has 0 spiro atoms. The molecule has 0 heterocycles. The minimum absolute atomic E-state index is 0.0948. The van der Waals surface area contributed by atoms with E-state index in [9.17, 15) is 0 Å². The van der Waals surface area contributed by atoms with E-state index in [1.54, 1.807) is 0 Å². The van der Waals surface area contributed by atoms with E-state index in [0.717, 1.165) is 6.42 Å². The standard InChI is InChI=1S/C20H41NO2/c1-6-9-10-11-12-13-14-16-19(21(4)5)17-15-18-20(22-7-2)23-8-3/h15,17,19-20H,6-14,16,18H2,1-5H3. The third kappa shape index (κ3) is 13.7. The molecule has 0 aliphatic heterocycles. The van der Waals surface area contributed by atoms with Gasteiger partial charge in [0.2, 0.25) is 0 Å². The lowest BCUT2D eigenvalue weighted by molar-refractivity contribution is -0.133. The molecule has 0 amide bonds. The highest BCUT2D eigenvalue weighted by molar-refractivity contribution is 4.93. The van der Waals surface area contributed by atoms with Gasteiger partial charge in [-0.2, -0.15) is 0 Å². The summed E-state index contributed by atoms with van der Waals surface area (Å²) in [6, 6.07) is 0.523. The Morgan fingerprint density at radius 1 is 0.826 bits per heavy atom. The lowest BCUT2D eigenvalue weighted by atomic mass is 10.0. The average Bonchev–Trinajstić information content (AvgIpc) is 2.52. The molecule has 3 heteroatoms. The molecule has 0 aromatic carbocycles. The monoisotopic (exact) mass is 327 g/mol. The van der Waals surface area contributed by atoms with Crippen LogP contribution in [0.2, 0.25) is 0 Å². The summed E-state index contributed by atoms with van der Waals surface area (Å²) in [4.78, 5) is 2.31. The molecule has 1 atom stereocenters. The van der Waals surface area contributed by atoms with E-state index < -0.39 is 0 Å². The fourth-order valence-corrected chi connectivity index (χ4v) is 2.74. The molecule has 0 aromatic heterocycles. The second-order valence-corrected chi connectivity index (χ2v) is 6.45. The zero-order valence-electron chi connectivity index (χ0n) is 16.4. The van der Waals surface area contributed by atoms with E-state index in [-0.39, 0.29) is 6.29 Å². The van der Waals surface area contributed by atoms with Crippen molar-refractivity contribution < 1.29 is 9.47 Å². The summed E-state index contributed by atoms with van der Waals surface area (Å²) in [6.45, 7) is 7.70. The number of hydrogen-bond acceptors (Lipinski definition) is 3. The smallest absolute Gasteiger partial charge is 0.160 e. The summed E-state index contributed by atoms with van der Waals surface area (Å²) in [6.07, 6.45) is 16.1. The van der Waals surface area contributed by atoms with Gasteiger partial charge in [0.05, 0.1) is 0 Å². The fraction of sp³-hybridized carbons (Fsp3) is 0.900. The topological polar surface area (TPSA) is 21.7 Å². The maximum Gasteiger partial charge on any atom is 0.160 e. The van der Waals surface area contributed by atoms with Gasteiger partial charge in [-0.25, -0.2) is 0 Å². The van der Waals surface area contributed by atoms with Gasteiger partial charge < -0.3 is 14.4 Å². The van der Waals surface area contributed by atoms with Crippen molar-refractivity contribution >= 4 is 0 Å². The highest BCUT2D eigenvalue weighted by Gasteiger charge is 2.09. The van der Waals surface area contributed by atoms with Crippen LogP contribution >= 0.6 is 0 Å². The van der Waals surface area contributed by atoms with Crippen LogP contribution < -0.4 is 0 Å². The van der Waals surface area contributed by atoms with Crippen LogP contribution in [0.15, 0.2) is 12.2 Å². The summed E-state index contributed by atoms with van der Waals surface area (Å²) in [5.74, 6) is 0. The van der Waals surface area contributed by atoms with Gasteiger partial charge in [0, 0.05) is 25.7 Å². The predicted octanol–water partition coefficient (Wildman–Crippen LogP) is 5.40. The van der Waals surface area contributed by atoms with Crippen LogP contribution in [0.25, 0.3) is 0 Å². The zero-order chi connectivity index (χ0) is 17.3. The van der Waals surface area contributed by atoms with Crippen molar-refractivity contribution in [1.29, 1.82) is 0 Å². The maximum atomic E-state index is 5.58. The van der Waals surface area contributed by atoms with Crippen LogP contribution in [0.1, 0.15) is 78.6 Å². The Hall–Kier alpha value is -0.380. The van der Waals surface area contributed by atoms with E-state index in [1.807, 2.05) is 13.8 Å². The van der Waals surface area contributed by atoms with Gasteiger partial charge >= 0.3 is 0 Å². The summed E-state index contributed by atoms with van der Waals surface area (Å²) in [7, 11) is 4.33. The van der Waals surface area contributed by atoms with Crippen LogP contribution in [0.5, 0.6) is 0 Å². The Morgan fingerprint density at radius 2 is 1.39 bits per heavy atom. The molecule has 23 heavy (non-hydrogen) atoms. The first-order valence-corrected chi connectivity index (χ1v) is 9.71. The molecule has 0 aliphatic carbocycles. The van der Waals surface area contributed by atoms with Crippen molar-refractivity contribution in [2.75, 3.05) is 27.3 Å². The minimum atomic E-state index is -0.0948. The third-order valence-corrected chi connectivity index (χ3v) is 4.16. The highest BCUT2D eigenvalue weighted by atomic mass is 16.7. The maximum absolute atomic E-state index is 5.58. The Balaban J connectivity index is 3.98. The Labute approximate surface area is 145 Å². The van der Waals surface area contributed by atoms with Crippen LogP contribution in [-0.4, -0.2) is 44.5 Å². The van der Waals surface area contributed by atoms with Crippen LogP contribution in [-0.2, 0) is 9.47 Å². The number of ether oxygens (including phenoxy) is 2. The van der Waals surface area contributed by atoms with Gasteiger partial charge in [-0.05, 0) is 34.4 Å². The SMILES string of the molecule is CCCCCCCCCC(C=CCC(OCC)OCC)N(C)C. The number of unbranched alkanes of at least 4 members (excludes halogenated alkanes) is 6. The molecule has 0 saturated carbocycles. The molecule has 0 rings (SSSR count). The average molecular weight is 328 g/mol. The Bertz CT molecular complexity index is 260. The van der Waals surface area contributed by atoms with E-state index in [0.29, 0.717) is 19.3 Å². The Morgan fingerprint density at radius 3 is 1.91 bits per heavy atom. The normalized spacial score (nSPS) is 13.5. The lowest BCUT2D eigenvalue weighted by Crippen LogP contribution is -2.26. The van der Waals surface area contributed by atoms with Crippen molar-refractivity contribution in [1.82, 2.24) is 4.90 Å². The third-order valence-electron chi connectivity index (χ3n) is 4.16. The molecule has 0 saturated heterocycles. The van der Waals surface area contributed by atoms with Crippen molar-refractivity contribution in [2.24, 2.45) is 0 Å². The number of hydrogen-bond donors (Lipinski definition) is 0. The highest BCUT2D eigenvalue weighted by Crippen LogP contribution is 2.13. The molecule has 138 valence electrons. The molecule has 0 radical (unpaired) electrons. The van der Waals surface area contributed by atoms with Gasteiger partial charge in [0.25, 0.3) is 0 Å². The van der Waals surface area contributed by atoms with Crippen LogP contribution in [0.3, 0.4) is 0 Å². The Kier molecular flexibility index (Phi) is 16.2. The van der Waals surface area contributed by atoms with Crippen molar-refractivity contribution in [2.45, 2.75) is 90.9 Å². The molecular formula is C20H41NO2. The first-order valence-electron chi connectivity index (χ1n) is 9.71.